The lowest BCUT2D eigenvalue weighted by molar-refractivity contribution is 0.508. The zero-order valence-electron chi connectivity index (χ0n) is 11.9. The molecule has 1 aromatic carbocycles. The van der Waals surface area contributed by atoms with Gasteiger partial charge in [-0.2, -0.15) is 0 Å². The molecule has 0 spiro atoms. The molecule has 2 heterocycles. The van der Waals surface area contributed by atoms with Gasteiger partial charge in [-0.25, -0.2) is 4.98 Å². The maximum Gasteiger partial charge on any atom is 0.123 e. The van der Waals surface area contributed by atoms with Gasteiger partial charge < -0.3 is 9.88 Å². The van der Waals surface area contributed by atoms with Gasteiger partial charge in [0.05, 0.1) is 18.4 Å². The van der Waals surface area contributed by atoms with Gasteiger partial charge in [0.1, 0.15) is 5.82 Å². The van der Waals surface area contributed by atoms with Crippen molar-refractivity contribution < 1.29 is 0 Å². The maximum absolute atomic E-state index is 4.50. The number of imidazole rings is 1. The number of hydrogen-bond acceptors (Lipinski definition) is 2. The predicted molar refractivity (Wildman–Crippen MR) is 78.1 cm³/mol. The van der Waals surface area contributed by atoms with Crippen LogP contribution >= 0.6 is 0 Å². The molecule has 1 aliphatic heterocycles. The van der Waals surface area contributed by atoms with E-state index in [0.29, 0.717) is 0 Å². The van der Waals surface area contributed by atoms with Crippen LogP contribution in [0.15, 0.2) is 30.5 Å². The van der Waals surface area contributed by atoms with Crippen molar-refractivity contribution in [1.29, 1.82) is 0 Å². The summed E-state index contributed by atoms with van der Waals surface area (Å²) >= 11 is 0. The van der Waals surface area contributed by atoms with Gasteiger partial charge in [0, 0.05) is 13.1 Å². The average Bonchev–Trinajstić information content (AvgIpc) is 2.82. The summed E-state index contributed by atoms with van der Waals surface area (Å²) in [5, 5.41) is 3.35. The molecule has 0 bridgehead atoms. The maximum atomic E-state index is 4.50. The van der Waals surface area contributed by atoms with Gasteiger partial charge in [-0.1, -0.05) is 45.0 Å². The van der Waals surface area contributed by atoms with E-state index in [2.05, 4.69) is 59.9 Å². The number of aromatic nitrogens is 2. The van der Waals surface area contributed by atoms with Crippen LogP contribution in [-0.2, 0) is 18.5 Å². The number of nitrogens with one attached hydrogen (secondary N) is 1. The molecule has 0 aliphatic carbocycles. The summed E-state index contributed by atoms with van der Waals surface area (Å²) in [6.07, 6.45) is 1.99. The Balaban J connectivity index is 1.97. The van der Waals surface area contributed by atoms with Gasteiger partial charge in [0.25, 0.3) is 0 Å². The third-order valence-electron chi connectivity index (χ3n) is 3.78. The topological polar surface area (TPSA) is 29.9 Å². The Kier molecular flexibility index (Phi) is 2.94. The van der Waals surface area contributed by atoms with E-state index in [0.717, 1.165) is 25.5 Å². The van der Waals surface area contributed by atoms with Crippen LogP contribution in [0.2, 0.25) is 0 Å². The van der Waals surface area contributed by atoms with E-state index in [1.165, 1.54) is 16.8 Å². The molecule has 0 saturated heterocycles. The Labute approximate surface area is 114 Å². The first-order valence-electron chi connectivity index (χ1n) is 6.92. The summed E-state index contributed by atoms with van der Waals surface area (Å²) in [4.78, 5) is 4.50. The van der Waals surface area contributed by atoms with Crippen molar-refractivity contribution >= 4 is 0 Å². The van der Waals surface area contributed by atoms with E-state index in [4.69, 9.17) is 0 Å². The van der Waals surface area contributed by atoms with Crippen LogP contribution in [0.5, 0.6) is 0 Å². The first kappa shape index (κ1) is 12.4. The molecule has 3 heteroatoms. The normalized spacial score (nSPS) is 15.3. The van der Waals surface area contributed by atoms with Crippen molar-refractivity contribution in [3.63, 3.8) is 0 Å². The van der Waals surface area contributed by atoms with Gasteiger partial charge >= 0.3 is 0 Å². The molecule has 0 saturated carbocycles. The quantitative estimate of drug-likeness (QED) is 0.849. The van der Waals surface area contributed by atoms with Crippen LogP contribution in [0.4, 0.5) is 0 Å². The third-order valence-corrected chi connectivity index (χ3v) is 3.78. The molecule has 1 aromatic heterocycles. The van der Waals surface area contributed by atoms with Crippen molar-refractivity contribution in [1.82, 2.24) is 14.9 Å². The highest BCUT2D eigenvalue weighted by Crippen LogP contribution is 2.27. The zero-order chi connectivity index (χ0) is 13.5. The molecule has 3 rings (SSSR count). The van der Waals surface area contributed by atoms with E-state index in [1.54, 1.807) is 0 Å². The van der Waals surface area contributed by atoms with Crippen LogP contribution in [-0.4, -0.2) is 16.1 Å². The van der Waals surface area contributed by atoms with Gasteiger partial charge in [0.2, 0.25) is 0 Å². The van der Waals surface area contributed by atoms with Crippen molar-refractivity contribution in [2.24, 2.45) is 0 Å². The molecule has 2 aromatic rings. The fraction of sp³-hybridized carbons (Fsp3) is 0.438. The molecule has 100 valence electrons. The van der Waals surface area contributed by atoms with E-state index in [1.807, 2.05) is 6.20 Å². The molecule has 1 aliphatic rings. The molecule has 1 N–H and O–H groups in total. The van der Waals surface area contributed by atoms with Crippen molar-refractivity contribution in [3.05, 3.63) is 41.9 Å². The van der Waals surface area contributed by atoms with Crippen LogP contribution in [0, 0.1) is 0 Å². The molecule has 0 atom stereocenters. The van der Waals surface area contributed by atoms with Crippen LogP contribution in [0.1, 0.15) is 32.2 Å². The molecule has 0 amide bonds. The standard InChI is InChI=1S/C16H21N3/c1-16(2,3)13-6-4-12(5-7-13)14-10-18-15-11-17-8-9-19(14)15/h4-7,10,17H,8-9,11H2,1-3H3. The molecule has 19 heavy (non-hydrogen) atoms. The highest BCUT2D eigenvalue weighted by Gasteiger charge is 2.16. The minimum atomic E-state index is 0.208. The molecule has 0 fully saturated rings. The second-order valence-electron chi connectivity index (χ2n) is 6.22. The number of benzene rings is 1. The monoisotopic (exact) mass is 255 g/mol. The molecule has 0 unspecified atom stereocenters. The first-order chi connectivity index (χ1) is 9.05. The fourth-order valence-electron chi connectivity index (χ4n) is 2.57. The SMILES string of the molecule is CC(C)(C)c1ccc(-c2cnc3n2CCNC3)cc1. The fourth-order valence-corrected chi connectivity index (χ4v) is 2.57. The predicted octanol–water partition coefficient (Wildman–Crippen LogP) is 2.95. The number of fused-ring (bicyclic) bond motifs is 1. The summed E-state index contributed by atoms with van der Waals surface area (Å²) in [6, 6.07) is 8.90. The second-order valence-corrected chi connectivity index (χ2v) is 6.22. The molecular formula is C16H21N3. The summed E-state index contributed by atoms with van der Waals surface area (Å²) in [7, 11) is 0. The first-order valence-corrected chi connectivity index (χ1v) is 6.92. The Hall–Kier alpha value is -1.61. The van der Waals surface area contributed by atoms with Crippen LogP contribution < -0.4 is 5.32 Å². The highest BCUT2D eigenvalue weighted by molar-refractivity contribution is 5.60. The number of hydrogen-bond donors (Lipinski definition) is 1. The Morgan fingerprint density at radius 2 is 1.89 bits per heavy atom. The Morgan fingerprint density at radius 1 is 1.16 bits per heavy atom. The molecule has 0 radical (unpaired) electrons. The number of rotatable bonds is 1. The van der Waals surface area contributed by atoms with E-state index < -0.39 is 0 Å². The third kappa shape index (κ3) is 2.30. The Morgan fingerprint density at radius 3 is 2.58 bits per heavy atom. The highest BCUT2D eigenvalue weighted by atomic mass is 15.2. The zero-order valence-corrected chi connectivity index (χ0v) is 11.9. The van der Waals surface area contributed by atoms with E-state index >= 15 is 0 Å². The lowest BCUT2D eigenvalue weighted by atomic mass is 9.86. The minimum Gasteiger partial charge on any atom is -0.326 e. The average molecular weight is 255 g/mol. The summed E-state index contributed by atoms with van der Waals surface area (Å²) in [5.74, 6) is 1.14. The smallest absolute Gasteiger partial charge is 0.123 e. The van der Waals surface area contributed by atoms with Crippen molar-refractivity contribution in [2.45, 2.75) is 39.3 Å². The molecular weight excluding hydrogens is 234 g/mol. The van der Waals surface area contributed by atoms with E-state index in [-0.39, 0.29) is 5.41 Å². The van der Waals surface area contributed by atoms with Crippen molar-refractivity contribution in [3.8, 4) is 11.3 Å². The van der Waals surface area contributed by atoms with Crippen LogP contribution in [0.25, 0.3) is 11.3 Å². The van der Waals surface area contributed by atoms with Gasteiger partial charge in [-0.05, 0) is 16.5 Å². The molecule has 3 nitrogen and oxygen atoms in total. The Bertz CT molecular complexity index is 573. The second kappa shape index (κ2) is 4.49. The summed E-state index contributed by atoms with van der Waals surface area (Å²) < 4.78 is 2.32. The largest absolute Gasteiger partial charge is 0.326 e. The lowest BCUT2D eigenvalue weighted by Gasteiger charge is -2.20. The van der Waals surface area contributed by atoms with Gasteiger partial charge in [-0.15, -0.1) is 0 Å². The van der Waals surface area contributed by atoms with Gasteiger partial charge in [-0.3, -0.25) is 0 Å². The minimum absolute atomic E-state index is 0.208. The van der Waals surface area contributed by atoms with Gasteiger partial charge in [0.15, 0.2) is 0 Å². The van der Waals surface area contributed by atoms with Crippen molar-refractivity contribution in [2.75, 3.05) is 6.54 Å². The van der Waals surface area contributed by atoms with Crippen LogP contribution in [0.3, 0.4) is 0 Å². The lowest BCUT2D eigenvalue weighted by Crippen LogP contribution is -2.28. The summed E-state index contributed by atoms with van der Waals surface area (Å²) in [6.45, 7) is 9.64. The number of nitrogens with zero attached hydrogens (tertiary/aromatic N) is 2. The summed E-state index contributed by atoms with van der Waals surface area (Å²) in [5.41, 5.74) is 4.07. The van der Waals surface area contributed by atoms with E-state index in [9.17, 15) is 0 Å².